The number of hydrogen-bond donors (Lipinski definition) is 2. The van der Waals surface area contributed by atoms with Gasteiger partial charge in [0, 0.05) is 12.3 Å². The Labute approximate surface area is 137 Å². The molecule has 1 aliphatic rings. The maximum atomic E-state index is 4.47. The Kier molecular flexibility index (Phi) is 11.7. The zero-order valence-electron chi connectivity index (χ0n) is 14.8. The van der Waals surface area contributed by atoms with Crippen LogP contribution >= 0.6 is 0 Å². The number of aliphatic imine (C=N–C) groups is 1. The average molecular weight is 309 g/mol. The van der Waals surface area contributed by atoms with Gasteiger partial charge >= 0.3 is 0 Å². The van der Waals surface area contributed by atoms with Crippen molar-refractivity contribution in [1.29, 1.82) is 0 Å². The summed E-state index contributed by atoms with van der Waals surface area (Å²) < 4.78 is 0. The van der Waals surface area contributed by atoms with Gasteiger partial charge in [0.2, 0.25) is 5.96 Å². The van der Waals surface area contributed by atoms with Crippen LogP contribution in [0.1, 0.15) is 90.9 Å². The van der Waals surface area contributed by atoms with Crippen molar-refractivity contribution in [3.05, 3.63) is 0 Å². The van der Waals surface area contributed by atoms with E-state index in [-0.39, 0.29) is 0 Å². The van der Waals surface area contributed by atoms with E-state index >= 15 is 0 Å². The standard InChI is InChI=1S/C18H36N4/c1-3-5-6-7-8-9-10-11-12-13-14-17(4-2)21-22-18-19-15-16-20-18/h3-16H2,1-2H3,(H2,19,20,22)/b21-17+. The third-order valence-corrected chi connectivity index (χ3v) is 4.22. The lowest BCUT2D eigenvalue weighted by Crippen LogP contribution is -2.30. The van der Waals surface area contributed by atoms with E-state index in [0.717, 1.165) is 31.9 Å². The quantitative estimate of drug-likeness (QED) is 0.296. The summed E-state index contributed by atoms with van der Waals surface area (Å²) >= 11 is 0. The minimum atomic E-state index is 0.828. The van der Waals surface area contributed by atoms with Crippen LogP contribution in [0.5, 0.6) is 0 Å². The molecule has 128 valence electrons. The van der Waals surface area contributed by atoms with Gasteiger partial charge in [-0.05, 0) is 19.3 Å². The Morgan fingerprint density at radius 1 is 1.00 bits per heavy atom. The monoisotopic (exact) mass is 308 g/mol. The van der Waals surface area contributed by atoms with Crippen molar-refractivity contribution in [3.63, 3.8) is 0 Å². The van der Waals surface area contributed by atoms with Gasteiger partial charge in [-0.2, -0.15) is 5.10 Å². The zero-order valence-corrected chi connectivity index (χ0v) is 14.8. The van der Waals surface area contributed by atoms with Gasteiger partial charge in [-0.25, -0.2) is 10.4 Å². The maximum absolute atomic E-state index is 4.47. The van der Waals surface area contributed by atoms with Crippen LogP contribution in [-0.4, -0.2) is 24.8 Å². The summed E-state index contributed by atoms with van der Waals surface area (Å²) in [6.07, 6.45) is 16.0. The molecule has 0 aliphatic carbocycles. The molecule has 0 amide bonds. The third kappa shape index (κ3) is 9.80. The fourth-order valence-electron chi connectivity index (χ4n) is 2.73. The number of guanidine groups is 1. The number of unbranched alkanes of at least 4 members (excludes halogenated alkanes) is 9. The number of nitrogens with one attached hydrogen (secondary N) is 2. The first-order valence-corrected chi connectivity index (χ1v) is 9.46. The first-order chi connectivity index (χ1) is 10.9. The van der Waals surface area contributed by atoms with Gasteiger partial charge in [-0.3, -0.25) is 0 Å². The summed E-state index contributed by atoms with van der Waals surface area (Å²) in [5.74, 6) is 0.828. The summed E-state index contributed by atoms with van der Waals surface area (Å²) in [4.78, 5) is 4.29. The van der Waals surface area contributed by atoms with Crippen LogP contribution in [0, 0.1) is 0 Å². The van der Waals surface area contributed by atoms with Crippen LogP contribution < -0.4 is 10.7 Å². The number of hydrazone groups is 1. The molecule has 0 unspecified atom stereocenters. The lowest BCUT2D eigenvalue weighted by atomic mass is 10.0. The predicted octanol–water partition coefficient (Wildman–Crippen LogP) is 4.61. The highest BCUT2D eigenvalue weighted by Crippen LogP contribution is 2.11. The molecule has 1 heterocycles. The maximum Gasteiger partial charge on any atom is 0.212 e. The Morgan fingerprint density at radius 2 is 1.64 bits per heavy atom. The lowest BCUT2D eigenvalue weighted by molar-refractivity contribution is 0.558. The molecule has 0 aromatic heterocycles. The van der Waals surface area contributed by atoms with E-state index < -0.39 is 0 Å². The van der Waals surface area contributed by atoms with Crippen LogP contribution in [0.2, 0.25) is 0 Å². The second kappa shape index (κ2) is 13.6. The van der Waals surface area contributed by atoms with Crippen LogP contribution in [0.3, 0.4) is 0 Å². The average Bonchev–Trinajstić information content (AvgIpc) is 3.05. The van der Waals surface area contributed by atoms with Gasteiger partial charge in [0.1, 0.15) is 0 Å². The molecular formula is C18H36N4. The predicted molar refractivity (Wildman–Crippen MR) is 97.6 cm³/mol. The molecule has 22 heavy (non-hydrogen) atoms. The Bertz CT molecular complexity index is 323. The van der Waals surface area contributed by atoms with Crippen molar-refractivity contribution < 1.29 is 0 Å². The van der Waals surface area contributed by atoms with E-state index in [1.165, 1.54) is 69.9 Å². The molecule has 4 heteroatoms. The number of rotatable bonds is 13. The fourth-order valence-corrected chi connectivity index (χ4v) is 2.73. The first kappa shape index (κ1) is 19.0. The Morgan fingerprint density at radius 3 is 2.18 bits per heavy atom. The highest BCUT2D eigenvalue weighted by molar-refractivity contribution is 5.87. The topological polar surface area (TPSA) is 48.8 Å². The molecule has 1 aliphatic heterocycles. The minimum absolute atomic E-state index is 0.828. The van der Waals surface area contributed by atoms with Crippen LogP contribution in [0.4, 0.5) is 0 Å². The summed E-state index contributed by atoms with van der Waals surface area (Å²) in [7, 11) is 0. The van der Waals surface area contributed by atoms with Crippen molar-refractivity contribution >= 4 is 11.7 Å². The van der Waals surface area contributed by atoms with E-state index in [4.69, 9.17) is 0 Å². The Balaban J connectivity index is 1.94. The molecule has 4 nitrogen and oxygen atoms in total. The van der Waals surface area contributed by atoms with Gasteiger partial charge in [0.05, 0.1) is 6.54 Å². The zero-order chi connectivity index (χ0) is 15.9. The normalized spacial score (nSPS) is 14.8. The molecule has 0 saturated heterocycles. The number of nitrogens with zero attached hydrogens (tertiary/aromatic N) is 2. The summed E-state index contributed by atoms with van der Waals surface area (Å²) in [5.41, 5.74) is 4.31. The molecule has 1 rings (SSSR count). The van der Waals surface area contributed by atoms with Gasteiger partial charge in [-0.15, -0.1) is 0 Å². The van der Waals surface area contributed by atoms with E-state index in [2.05, 4.69) is 34.7 Å². The largest absolute Gasteiger partial charge is 0.353 e. The molecule has 2 N–H and O–H groups in total. The molecule has 0 saturated carbocycles. The van der Waals surface area contributed by atoms with Crippen molar-refractivity contribution in [3.8, 4) is 0 Å². The second-order valence-electron chi connectivity index (χ2n) is 6.23. The molecule has 0 spiro atoms. The minimum Gasteiger partial charge on any atom is -0.353 e. The van der Waals surface area contributed by atoms with Crippen LogP contribution in [-0.2, 0) is 0 Å². The molecule has 0 bridgehead atoms. The number of hydrogen-bond acceptors (Lipinski definition) is 4. The van der Waals surface area contributed by atoms with E-state index in [1.807, 2.05) is 0 Å². The summed E-state index contributed by atoms with van der Waals surface area (Å²) in [5, 5.41) is 7.65. The first-order valence-electron chi connectivity index (χ1n) is 9.46. The van der Waals surface area contributed by atoms with E-state index in [9.17, 15) is 0 Å². The van der Waals surface area contributed by atoms with Gasteiger partial charge < -0.3 is 5.32 Å². The summed E-state index contributed by atoms with van der Waals surface area (Å²) in [6, 6.07) is 0. The van der Waals surface area contributed by atoms with Crippen molar-refractivity contribution in [2.75, 3.05) is 13.1 Å². The molecular weight excluding hydrogens is 272 g/mol. The second-order valence-corrected chi connectivity index (χ2v) is 6.23. The highest BCUT2D eigenvalue weighted by Gasteiger charge is 2.03. The molecule has 0 aromatic carbocycles. The molecule has 0 aromatic rings. The smallest absolute Gasteiger partial charge is 0.212 e. The van der Waals surface area contributed by atoms with E-state index in [1.54, 1.807) is 0 Å². The Hall–Kier alpha value is -1.06. The van der Waals surface area contributed by atoms with Gasteiger partial charge in [0.25, 0.3) is 0 Å². The van der Waals surface area contributed by atoms with Crippen LogP contribution in [0.25, 0.3) is 0 Å². The fraction of sp³-hybridized carbons (Fsp3) is 0.889. The summed E-state index contributed by atoms with van der Waals surface area (Å²) in [6.45, 7) is 6.25. The SMILES string of the molecule is CCCCCCCCCCCC/C(CC)=N/NC1=NCCN1. The molecule has 0 fully saturated rings. The molecule has 0 radical (unpaired) electrons. The van der Waals surface area contributed by atoms with Crippen molar-refractivity contribution in [2.45, 2.75) is 90.9 Å². The third-order valence-electron chi connectivity index (χ3n) is 4.22. The van der Waals surface area contributed by atoms with E-state index in [0.29, 0.717) is 0 Å². The highest BCUT2D eigenvalue weighted by atomic mass is 15.4. The van der Waals surface area contributed by atoms with Crippen molar-refractivity contribution in [1.82, 2.24) is 10.7 Å². The molecule has 0 atom stereocenters. The van der Waals surface area contributed by atoms with Gasteiger partial charge in [0.15, 0.2) is 0 Å². The van der Waals surface area contributed by atoms with Gasteiger partial charge in [-0.1, -0.05) is 71.6 Å². The lowest BCUT2D eigenvalue weighted by Gasteiger charge is -2.06. The van der Waals surface area contributed by atoms with Crippen molar-refractivity contribution in [2.24, 2.45) is 10.1 Å². The van der Waals surface area contributed by atoms with Crippen LogP contribution in [0.15, 0.2) is 10.1 Å².